The molecule has 1 atom stereocenters. The van der Waals surface area contributed by atoms with Gasteiger partial charge < -0.3 is 20.5 Å². The molecule has 1 fully saturated rings. The van der Waals surface area contributed by atoms with Crippen molar-refractivity contribution in [1.82, 2.24) is 5.32 Å². The molecule has 0 aliphatic carbocycles. The summed E-state index contributed by atoms with van der Waals surface area (Å²) in [7, 11) is 0. The molecule has 0 bridgehead atoms. The summed E-state index contributed by atoms with van der Waals surface area (Å²) >= 11 is 5.82. The molecule has 1 unspecified atom stereocenters. The Balaban J connectivity index is 1.87. The fourth-order valence-electron chi connectivity index (χ4n) is 1.95. The highest BCUT2D eigenvalue weighted by Gasteiger charge is 2.16. The minimum atomic E-state index is -1.11. The highest BCUT2D eigenvalue weighted by atomic mass is 35.5. The van der Waals surface area contributed by atoms with Crippen molar-refractivity contribution in [3.05, 3.63) is 28.8 Å². The third kappa shape index (κ3) is 3.85. The van der Waals surface area contributed by atoms with Crippen molar-refractivity contribution in [3.63, 3.8) is 0 Å². The van der Waals surface area contributed by atoms with E-state index in [9.17, 15) is 9.59 Å². The first-order valence-corrected chi connectivity index (χ1v) is 6.63. The number of anilines is 1. The highest BCUT2D eigenvalue weighted by molar-refractivity contribution is 6.33. The van der Waals surface area contributed by atoms with Gasteiger partial charge in [-0.1, -0.05) is 11.6 Å². The smallest absolute Gasteiger partial charge is 0.337 e. The van der Waals surface area contributed by atoms with Crippen molar-refractivity contribution in [3.8, 4) is 0 Å². The number of hydrogen-bond donors (Lipinski definition) is 3. The molecule has 1 heterocycles. The van der Waals surface area contributed by atoms with Crippen LogP contribution < -0.4 is 10.6 Å². The third-order valence-electron chi connectivity index (χ3n) is 2.97. The van der Waals surface area contributed by atoms with Crippen LogP contribution in [0.3, 0.4) is 0 Å². The molecule has 1 aliphatic rings. The van der Waals surface area contributed by atoms with E-state index in [0.717, 1.165) is 19.4 Å². The molecule has 7 heteroatoms. The zero-order chi connectivity index (χ0) is 14.5. The molecule has 6 nitrogen and oxygen atoms in total. The quantitative estimate of drug-likeness (QED) is 0.796. The predicted molar refractivity (Wildman–Crippen MR) is 74.4 cm³/mol. The number of ether oxygens (including phenoxy) is 1. The molecule has 0 spiro atoms. The van der Waals surface area contributed by atoms with E-state index in [-0.39, 0.29) is 22.7 Å². The molecular weight excluding hydrogens is 284 g/mol. The van der Waals surface area contributed by atoms with Gasteiger partial charge in [0, 0.05) is 18.8 Å². The van der Waals surface area contributed by atoms with E-state index in [0.29, 0.717) is 12.2 Å². The number of aromatic carboxylic acids is 1. The van der Waals surface area contributed by atoms with Gasteiger partial charge in [0.2, 0.25) is 0 Å². The normalized spacial score (nSPS) is 17.8. The number of urea groups is 1. The Morgan fingerprint density at radius 3 is 2.85 bits per heavy atom. The average Bonchev–Trinajstić information content (AvgIpc) is 2.89. The Morgan fingerprint density at radius 1 is 1.45 bits per heavy atom. The summed E-state index contributed by atoms with van der Waals surface area (Å²) in [6, 6.07) is 3.86. The van der Waals surface area contributed by atoms with Crippen LogP contribution in [0.15, 0.2) is 18.2 Å². The van der Waals surface area contributed by atoms with Crippen LogP contribution in [0.2, 0.25) is 5.02 Å². The summed E-state index contributed by atoms with van der Waals surface area (Å²) in [5.41, 5.74) is 0.432. The summed E-state index contributed by atoms with van der Waals surface area (Å²) in [4.78, 5) is 22.5. The second-order valence-electron chi connectivity index (χ2n) is 4.47. The topological polar surface area (TPSA) is 87.7 Å². The number of carboxylic acids is 1. The van der Waals surface area contributed by atoms with Gasteiger partial charge in [0.05, 0.1) is 16.7 Å². The number of carbonyl (C=O) groups excluding carboxylic acids is 1. The van der Waals surface area contributed by atoms with Gasteiger partial charge in [-0.15, -0.1) is 0 Å². The molecule has 2 rings (SSSR count). The molecule has 1 aromatic rings. The lowest BCUT2D eigenvalue weighted by atomic mass is 10.2. The van der Waals surface area contributed by atoms with E-state index in [2.05, 4.69) is 10.6 Å². The van der Waals surface area contributed by atoms with Crippen LogP contribution in [-0.4, -0.2) is 36.4 Å². The van der Waals surface area contributed by atoms with Crippen LogP contribution in [0, 0.1) is 0 Å². The molecule has 1 saturated heterocycles. The van der Waals surface area contributed by atoms with Crippen LogP contribution in [0.4, 0.5) is 10.5 Å². The molecule has 108 valence electrons. The van der Waals surface area contributed by atoms with Crippen LogP contribution in [0.1, 0.15) is 23.2 Å². The minimum Gasteiger partial charge on any atom is -0.478 e. The summed E-state index contributed by atoms with van der Waals surface area (Å²) in [6.45, 7) is 1.19. The molecule has 20 heavy (non-hydrogen) atoms. The number of carbonyl (C=O) groups is 2. The number of amides is 2. The van der Waals surface area contributed by atoms with E-state index < -0.39 is 5.97 Å². The summed E-state index contributed by atoms with van der Waals surface area (Å²) in [5.74, 6) is -1.11. The SMILES string of the molecule is O=C(NCC1CCCO1)Nc1ccc(C(=O)O)c(Cl)c1. The molecule has 3 N–H and O–H groups in total. The van der Waals surface area contributed by atoms with E-state index in [1.165, 1.54) is 18.2 Å². The van der Waals surface area contributed by atoms with Gasteiger partial charge in [0.1, 0.15) is 0 Å². The highest BCUT2D eigenvalue weighted by Crippen LogP contribution is 2.21. The molecular formula is C13H15ClN2O4. The van der Waals surface area contributed by atoms with Gasteiger partial charge in [-0.25, -0.2) is 9.59 Å². The maximum absolute atomic E-state index is 11.7. The van der Waals surface area contributed by atoms with Crippen molar-refractivity contribution in [1.29, 1.82) is 0 Å². The number of rotatable bonds is 4. The molecule has 0 aromatic heterocycles. The van der Waals surface area contributed by atoms with Crippen LogP contribution in [0.25, 0.3) is 0 Å². The van der Waals surface area contributed by atoms with Crippen LogP contribution >= 0.6 is 11.6 Å². The van der Waals surface area contributed by atoms with Crippen LogP contribution in [-0.2, 0) is 4.74 Å². The predicted octanol–water partition coefficient (Wildman–Crippen LogP) is 2.34. The van der Waals surface area contributed by atoms with Gasteiger partial charge in [-0.05, 0) is 31.0 Å². The van der Waals surface area contributed by atoms with Gasteiger partial charge in [-0.2, -0.15) is 0 Å². The first kappa shape index (κ1) is 14.6. The van der Waals surface area contributed by atoms with Crippen LogP contribution in [0.5, 0.6) is 0 Å². The number of halogens is 1. The van der Waals surface area contributed by atoms with Crippen molar-refractivity contribution < 1.29 is 19.4 Å². The number of benzene rings is 1. The maximum Gasteiger partial charge on any atom is 0.337 e. The molecule has 1 aromatic carbocycles. The summed E-state index contributed by atoms with van der Waals surface area (Å²) < 4.78 is 5.39. The van der Waals surface area contributed by atoms with Gasteiger partial charge in [0.15, 0.2) is 0 Å². The molecule has 2 amide bonds. The lowest BCUT2D eigenvalue weighted by Gasteiger charge is -2.12. The van der Waals surface area contributed by atoms with E-state index >= 15 is 0 Å². The molecule has 1 aliphatic heterocycles. The maximum atomic E-state index is 11.7. The van der Waals surface area contributed by atoms with Crippen molar-refractivity contribution >= 4 is 29.3 Å². The third-order valence-corrected chi connectivity index (χ3v) is 3.28. The fourth-order valence-corrected chi connectivity index (χ4v) is 2.21. The standard InChI is InChI=1S/C13H15ClN2O4/c14-11-6-8(3-4-10(11)12(17)18)16-13(19)15-7-9-2-1-5-20-9/h3-4,6,9H,1-2,5,7H2,(H,17,18)(H2,15,16,19). The first-order chi connectivity index (χ1) is 9.56. The first-order valence-electron chi connectivity index (χ1n) is 6.25. The molecule has 0 radical (unpaired) electrons. The zero-order valence-corrected chi connectivity index (χ0v) is 11.4. The van der Waals surface area contributed by atoms with Crippen molar-refractivity contribution in [2.75, 3.05) is 18.5 Å². The lowest BCUT2D eigenvalue weighted by molar-refractivity contribution is 0.0697. The number of carboxylic acid groups (broad SMARTS) is 1. The van der Waals surface area contributed by atoms with Crippen molar-refractivity contribution in [2.24, 2.45) is 0 Å². The Bertz CT molecular complexity index is 515. The van der Waals surface area contributed by atoms with Gasteiger partial charge in [-0.3, -0.25) is 0 Å². The Kier molecular flexibility index (Phi) is 4.81. The second-order valence-corrected chi connectivity index (χ2v) is 4.88. The largest absolute Gasteiger partial charge is 0.478 e. The number of nitrogens with one attached hydrogen (secondary N) is 2. The second kappa shape index (κ2) is 6.58. The Hall–Kier alpha value is -1.79. The van der Waals surface area contributed by atoms with Crippen molar-refractivity contribution in [2.45, 2.75) is 18.9 Å². The van der Waals surface area contributed by atoms with Gasteiger partial charge in [0.25, 0.3) is 0 Å². The lowest BCUT2D eigenvalue weighted by Crippen LogP contribution is -2.35. The zero-order valence-electron chi connectivity index (χ0n) is 10.7. The monoisotopic (exact) mass is 298 g/mol. The average molecular weight is 299 g/mol. The minimum absolute atomic E-state index is 0.00280. The fraction of sp³-hybridized carbons (Fsp3) is 0.385. The number of hydrogen-bond acceptors (Lipinski definition) is 3. The Morgan fingerprint density at radius 2 is 2.25 bits per heavy atom. The van der Waals surface area contributed by atoms with E-state index in [1.807, 2.05) is 0 Å². The van der Waals surface area contributed by atoms with Gasteiger partial charge >= 0.3 is 12.0 Å². The van der Waals surface area contributed by atoms with E-state index in [4.69, 9.17) is 21.4 Å². The van der Waals surface area contributed by atoms with E-state index in [1.54, 1.807) is 0 Å². The summed E-state index contributed by atoms with van der Waals surface area (Å²) in [6.07, 6.45) is 2.03. The summed E-state index contributed by atoms with van der Waals surface area (Å²) in [5, 5.41) is 14.2. The Labute approximate surface area is 121 Å². The molecule has 0 saturated carbocycles.